The van der Waals surface area contributed by atoms with Gasteiger partial charge in [-0.25, -0.2) is 0 Å². The molecule has 16 rings (SSSR count). The molecule has 6 aliphatic rings. The fraction of sp³-hybridized carbons (Fsp3) is 0.169. The first-order chi connectivity index (χ1) is 47.2. The molecular weight excluding hydrogens is 1240 g/mol. The number of ether oxygens (including phenoxy) is 16. The standard InChI is InChI=1S/C77H52N4O16/c1-75(2)37-77(53-31-73(96-61-15-7-11-57(49(61)35-80)92-45-19-23-65-69(27-45)88-41-84-65)71(29-51(53)75)94-59-13-5-9-55(47(59)33-78)90-43-17-21-63-67(25-43)86-39-82-63)38-76(3,4)52-30-72(95-60-14-6-10-56(48(60)34-79)91-44-18-22-64-68(26-44)87-40-83-64)74(32-54(52)77)97-62-16-8-12-58(50(62)36-81)93-46-20-24-66-70(28-46)89-42-85-66/h5-32H,37-42H2,1-4H3. The maximum Gasteiger partial charge on any atom is 0.231 e. The van der Waals surface area contributed by atoms with Crippen molar-refractivity contribution in [2.75, 3.05) is 27.2 Å². The number of nitrogens with zero attached hydrogens (tertiary/aromatic N) is 4. The average molecular weight is 1290 g/mol. The Kier molecular flexibility index (Phi) is 14.1. The average Bonchev–Trinajstić information content (AvgIpc) is 1.52. The highest BCUT2D eigenvalue weighted by Crippen LogP contribution is 2.66. The zero-order chi connectivity index (χ0) is 66.2. The maximum absolute atomic E-state index is 11.0. The van der Waals surface area contributed by atoms with Crippen LogP contribution < -0.4 is 75.8 Å². The second-order valence-electron chi connectivity index (χ2n) is 24.7. The quantitative estimate of drug-likeness (QED) is 0.0873. The van der Waals surface area contributed by atoms with Crippen LogP contribution in [0.3, 0.4) is 0 Å². The van der Waals surface area contributed by atoms with Crippen molar-refractivity contribution in [1.29, 1.82) is 21.0 Å². The van der Waals surface area contributed by atoms with E-state index in [4.69, 9.17) is 75.8 Å². The molecule has 10 aromatic carbocycles. The van der Waals surface area contributed by atoms with Crippen molar-refractivity contribution >= 4 is 0 Å². The molecule has 10 aromatic rings. The fourth-order valence-electron chi connectivity index (χ4n) is 13.5. The summed E-state index contributed by atoms with van der Waals surface area (Å²) in [6.07, 6.45) is 1.11. The molecule has 0 unspecified atom stereocenters. The van der Waals surface area contributed by atoms with Crippen molar-refractivity contribution in [1.82, 2.24) is 0 Å². The van der Waals surface area contributed by atoms with Crippen LogP contribution in [0.1, 0.15) is 85.0 Å². The van der Waals surface area contributed by atoms with Crippen LogP contribution in [0.25, 0.3) is 0 Å². The van der Waals surface area contributed by atoms with Crippen LogP contribution in [0.2, 0.25) is 0 Å². The van der Waals surface area contributed by atoms with Crippen molar-refractivity contribution in [2.45, 2.75) is 56.8 Å². The summed E-state index contributed by atoms with van der Waals surface area (Å²) in [4.78, 5) is 0. The lowest BCUT2D eigenvalue weighted by Gasteiger charge is -2.31. The normalized spacial score (nSPS) is 15.0. The van der Waals surface area contributed by atoms with Crippen LogP contribution in [0.5, 0.6) is 138 Å². The van der Waals surface area contributed by atoms with Crippen molar-refractivity contribution in [3.05, 3.63) is 214 Å². The number of hydrogen-bond donors (Lipinski definition) is 0. The summed E-state index contributed by atoms with van der Waals surface area (Å²) in [7, 11) is 0. The first-order valence-electron chi connectivity index (χ1n) is 30.8. The third-order valence-electron chi connectivity index (χ3n) is 17.7. The maximum atomic E-state index is 11.0. The molecule has 20 nitrogen and oxygen atoms in total. The molecular formula is C77H52N4O16. The van der Waals surface area contributed by atoms with E-state index in [0.717, 1.165) is 22.3 Å². The number of fused-ring (bicyclic) bond motifs is 8. The van der Waals surface area contributed by atoms with Crippen LogP contribution in [0, 0.1) is 45.3 Å². The number of benzene rings is 10. The summed E-state index contributed by atoms with van der Waals surface area (Å²) in [5.41, 5.74) is 1.92. The van der Waals surface area contributed by atoms with E-state index >= 15 is 0 Å². The van der Waals surface area contributed by atoms with Gasteiger partial charge in [0.15, 0.2) is 69.0 Å². The van der Waals surface area contributed by atoms with Gasteiger partial charge in [-0.05, 0) is 167 Å². The van der Waals surface area contributed by atoms with Gasteiger partial charge in [0.1, 0.15) is 116 Å². The molecule has 0 atom stereocenters. The smallest absolute Gasteiger partial charge is 0.231 e. The molecule has 0 aromatic heterocycles. The Morgan fingerprint density at radius 1 is 0.268 bits per heavy atom. The predicted octanol–water partition coefficient (Wildman–Crippen LogP) is 18.1. The molecule has 476 valence electrons. The number of nitriles is 4. The highest BCUT2D eigenvalue weighted by molar-refractivity contribution is 5.70. The van der Waals surface area contributed by atoms with Gasteiger partial charge in [-0.1, -0.05) is 52.0 Å². The van der Waals surface area contributed by atoms with Gasteiger partial charge in [-0.15, -0.1) is 0 Å². The lowest BCUT2D eigenvalue weighted by atomic mass is 9.72. The van der Waals surface area contributed by atoms with Gasteiger partial charge in [-0.3, -0.25) is 0 Å². The minimum atomic E-state index is -0.817. The van der Waals surface area contributed by atoms with E-state index in [1.165, 1.54) is 0 Å². The number of rotatable bonds is 16. The Labute approximate surface area is 555 Å². The van der Waals surface area contributed by atoms with Gasteiger partial charge >= 0.3 is 0 Å². The Balaban J connectivity index is 0.835. The Morgan fingerprint density at radius 2 is 0.495 bits per heavy atom. The summed E-state index contributed by atoms with van der Waals surface area (Å²) >= 11 is 0. The topological polar surface area (TPSA) is 243 Å². The van der Waals surface area contributed by atoms with E-state index in [1.54, 1.807) is 146 Å². The summed E-state index contributed by atoms with van der Waals surface area (Å²) in [6, 6.07) is 57.8. The SMILES string of the molecule is CC1(C)CC2(CC(C)(C)c3cc(Oc4cccc(Oc5ccc6c(c5)OCO6)c4C#N)c(Oc4cccc(Oc5ccc6c(c5)OCO6)c4C#N)cc32)c2cc(Oc3cccc(Oc4ccc5c(c4)OCO5)c3C#N)c(Oc3cccc(Oc4ccc5c(c4)OCO5)c3C#N)cc21. The van der Waals surface area contributed by atoms with Gasteiger partial charge in [0, 0.05) is 29.7 Å². The summed E-state index contributed by atoms with van der Waals surface area (Å²) in [6.45, 7) is 8.95. The molecule has 0 N–H and O–H groups in total. The Morgan fingerprint density at radius 3 is 0.742 bits per heavy atom. The molecule has 4 aliphatic heterocycles. The minimum absolute atomic E-state index is 0.0643. The second kappa shape index (κ2) is 23.2. The third-order valence-corrected chi connectivity index (χ3v) is 17.7. The number of hydrogen-bond acceptors (Lipinski definition) is 20. The van der Waals surface area contributed by atoms with Crippen molar-refractivity contribution in [3.63, 3.8) is 0 Å². The second-order valence-corrected chi connectivity index (χ2v) is 24.7. The molecule has 0 radical (unpaired) electrons. The third kappa shape index (κ3) is 10.6. The predicted molar refractivity (Wildman–Crippen MR) is 344 cm³/mol. The van der Waals surface area contributed by atoms with Crippen molar-refractivity contribution in [3.8, 4) is 162 Å². The molecule has 0 fully saturated rings. The first-order valence-corrected chi connectivity index (χ1v) is 30.8. The van der Waals surface area contributed by atoms with Gasteiger partial charge in [0.25, 0.3) is 0 Å². The van der Waals surface area contributed by atoms with Gasteiger partial charge < -0.3 is 75.8 Å². The molecule has 1 spiro atoms. The summed E-state index contributed by atoms with van der Waals surface area (Å²) in [5, 5.41) is 44.0. The largest absolute Gasteiger partial charge is 0.456 e. The van der Waals surface area contributed by atoms with E-state index in [2.05, 4.69) is 52.0 Å². The van der Waals surface area contributed by atoms with Gasteiger partial charge in [-0.2, -0.15) is 21.0 Å². The highest BCUT2D eigenvalue weighted by atomic mass is 16.7. The molecule has 0 saturated carbocycles. The molecule has 0 bridgehead atoms. The molecule has 20 heteroatoms. The zero-order valence-corrected chi connectivity index (χ0v) is 52.2. The van der Waals surface area contributed by atoms with Crippen molar-refractivity contribution < 1.29 is 75.8 Å². The zero-order valence-electron chi connectivity index (χ0n) is 52.2. The van der Waals surface area contributed by atoms with Crippen LogP contribution in [0.4, 0.5) is 0 Å². The minimum Gasteiger partial charge on any atom is -0.456 e. The molecule has 4 heterocycles. The first kappa shape index (κ1) is 59.0. The van der Waals surface area contributed by atoms with Gasteiger partial charge in [0.2, 0.25) is 27.2 Å². The molecule has 97 heavy (non-hydrogen) atoms. The van der Waals surface area contributed by atoms with E-state index in [1.807, 2.05) is 24.3 Å². The van der Waals surface area contributed by atoms with Gasteiger partial charge in [0.05, 0.1) is 0 Å². The van der Waals surface area contributed by atoms with Crippen LogP contribution >= 0.6 is 0 Å². The van der Waals surface area contributed by atoms with E-state index in [-0.39, 0.29) is 118 Å². The van der Waals surface area contributed by atoms with E-state index in [0.29, 0.717) is 81.8 Å². The summed E-state index contributed by atoms with van der Waals surface area (Å²) < 4.78 is 98.2. The van der Waals surface area contributed by atoms with Crippen LogP contribution in [0.15, 0.2) is 170 Å². The van der Waals surface area contributed by atoms with E-state index < -0.39 is 16.2 Å². The lowest BCUT2D eigenvalue weighted by molar-refractivity contribution is 0.173. The molecule has 0 amide bonds. The van der Waals surface area contributed by atoms with Crippen LogP contribution in [-0.4, -0.2) is 27.2 Å². The monoisotopic (exact) mass is 1290 g/mol. The van der Waals surface area contributed by atoms with Crippen LogP contribution in [-0.2, 0) is 16.2 Å². The Hall–Kier alpha value is -13.0. The molecule has 0 saturated heterocycles. The van der Waals surface area contributed by atoms with E-state index in [9.17, 15) is 21.0 Å². The fourth-order valence-corrected chi connectivity index (χ4v) is 13.5. The lowest BCUT2D eigenvalue weighted by Crippen LogP contribution is -2.27. The molecule has 2 aliphatic carbocycles. The summed E-state index contributed by atoms with van der Waals surface area (Å²) in [5.74, 6) is 8.13. The van der Waals surface area contributed by atoms with Crippen molar-refractivity contribution in [2.24, 2.45) is 0 Å². The Bertz CT molecular complexity index is 4820. The highest BCUT2D eigenvalue weighted by Gasteiger charge is 2.57.